The van der Waals surface area contributed by atoms with Gasteiger partial charge in [-0.05, 0) is 26.0 Å². The molecular formula is C12H13F3N2O4. The van der Waals surface area contributed by atoms with Crippen LogP contribution in [0.25, 0.3) is 0 Å². The number of nitrogens with zero attached hydrogens (tertiary/aromatic N) is 1. The molecule has 0 bridgehead atoms. The summed E-state index contributed by atoms with van der Waals surface area (Å²) < 4.78 is 37.2. The van der Waals surface area contributed by atoms with E-state index in [0.717, 1.165) is 18.0 Å². The van der Waals surface area contributed by atoms with Crippen LogP contribution < -0.4 is 5.56 Å². The first-order valence-electron chi connectivity index (χ1n) is 5.71. The Bertz CT molecular complexity index is 634. The highest BCUT2D eigenvalue weighted by Crippen LogP contribution is 2.26. The van der Waals surface area contributed by atoms with Crippen LogP contribution >= 0.6 is 0 Å². The van der Waals surface area contributed by atoms with Crippen molar-refractivity contribution in [2.45, 2.75) is 25.6 Å². The highest BCUT2D eigenvalue weighted by atomic mass is 19.4. The van der Waals surface area contributed by atoms with Gasteiger partial charge in [-0.1, -0.05) is 0 Å². The van der Waals surface area contributed by atoms with Gasteiger partial charge in [-0.2, -0.15) is 13.2 Å². The predicted octanol–water partition coefficient (Wildman–Crippen LogP) is 1.33. The Hall–Kier alpha value is -2.32. The number of carbonyl (C=O) groups excluding carboxylic acids is 1. The molecular weight excluding hydrogens is 293 g/mol. The van der Waals surface area contributed by atoms with Crippen molar-refractivity contribution < 1.29 is 27.9 Å². The SMILES string of the molecule is CN(C(=O)c1ccc(C(F)(F)F)[nH]c1=O)C(C)(C)C(=O)O. The van der Waals surface area contributed by atoms with E-state index in [1.807, 2.05) is 0 Å². The largest absolute Gasteiger partial charge is 0.480 e. The maximum Gasteiger partial charge on any atom is 0.431 e. The first-order valence-corrected chi connectivity index (χ1v) is 5.71. The molecule has 0 aromatic carbocycles. The molecule has 0 saturated heterocycles. The Balaban J connectivity index is 3.22. The zero-order chi connectivity index (χ0) is 16.6. The third-order valence-electron chi connectivity index (χ3n) is 3.11. The van der Waals surface area contributed by atoms with Gasteiger partial charge in [-0.3, -0.25) is 9.59 Å². The maximum absolute atomic E-state index is 12.4. The van der Waals surface area contributed by atoms with Crippen LogP contribution in [0, 0.1) is 0 Å². The number of aromatic amines is 1. The van der Waals surface area contributed by atoms with Crippen molar-refractivity contribution >= 4 is 11.9 Å². The Morgan fingerprint density at radius 3 is 2.14 bits per heavy atom. The first kappa shape index (κ1) is 16.7. The number of likely N-dealkylation sites (N-methyl/N-ethyl adjacent to an activating group) is 1. The summed E-state index contributed by atoms with van der Waals surface area (Å²) in [7, 11) is 1.15. The molecule has 0 spiro atoms. The second-order valence-corrected chi connectivity index (χ2v) is 4.84. The fourth-order valence-corrected chi connectivity index (χ4v) is 1.39. The molecule has 0 unspecified atom stereocenters. The average Bonchev–Trinajstić information content (AvgIpc) is 2.35. The summed E-state index contributed by atoms with van der Waals surface area (Å²) in [5, 5.41) is 9.00. The van der Waals surface area contributed by atoms with Crippen molar-refractivity contribution in [1.82, 2.24) is 9.88 Å². The van der Waals surface area contributed by atoms with E-state index < -0.39 is 40.4 Å². The Morgan fingerprint density at radius 2 is 1.76 bits per heavy atom. The van der Waals surface area contributed by atoms with Crippen LogP contribution in [-0.4, -0.2) is 39.5 Å². The van der Waals surface area contributed by atoms with E-state index in [9.17, 15) is 27.6 Å². The summed E-state index contributed by atoms with van der Waals surface area (Å²) in [5.74, 6) is -2.31. The molecule has 9 heteroatoms. The van der Waals surface area contributed by atoms with Crippen LogP contribution in [0.1, 0.15) is 29.9 Å². The zero-order valence-corrected chi connectivity index (χ0v) is 11.4. The number of pyridine rings is 1. The number of aliphatic carboxylic acids is 1. The number of H-pyrrole nitrogens is 1. The molecule has 1 aromatic heterocycles. The van der Waals surface area contributed by atoms with Gasteiger partial charge in [0.05, 0.1) is 0 Å². The fourth-order valence-electron chi connectivity index (χ4n) is 1.39. The molecule has 0 aliphatic rings. The summed E-state index contributed by atoms with van der Waals surface area (Å²) >= 11 is 0. The third-order valence-corrected chi connectivity index (χ3v) is 3.11. The number of aromatic nitrogens is 1. The van der Waals surface area contributed by atoms with E-state index in [1.165, 1.54) is 13.8 Å². The summed E-state index contributed by atoms with van der Waals surface area (Å²) in [4.78, 5) is 37.0. The van der Waals surface area contributed by atoms with Crippen LogP contribution in [0.5, 0.6) is 0 Å². The van der Waals surface area contributed by atoms with Gasteiger partial charge in [-0.25, -0.2) is 4.79 Å². The number of alkyl halides is 3. The van der Waals surface area contributed by atoms with Gasteiger partial charge in [0.15, 0.2) is 0 Å². The smallest absolute Gasteiger partial charge is 0.431 e. The number of amides is 1. The molecule has 1 aromatic rings. The average molecular weight is 306 g/mol. The topological polar surface area (TPSA) is 90.5 Å². The number of nitrogens with one attached hydrogen (secondary N) is 1. The molecule has 1 heterocycles. The minimum Gasteiger partial charge on any atom is -0.480 e. The molecule has 0 aliphatic heterocycles. The molecule has 1 amide bonds. The standard InChI is InChI=1S/C12H13F3N2O4/c1-11(2,10(20)21)17(3)9(19)6-4-5-7(12(13,14)15)16-8(6)18/h4-5H,1-3H3,(H,16,18)(H,20,21). The minimum atomic E-state index is -4.74. The number of hydrogen-bond donors (Lipinski definition) is 2. The molecule has 0 atom stereocenters. The van der Waals surface area contributed by atoms with E-state index in [4.69, 9.17) is 5.11 Å². The van der Waals surface area contributed by atoms with E-state index in [-0.39, 0.29) is 0 Å². The van der Waals surface area contributed by atoms with Crippen molar-refractivity contribution in [3.63, 3.8) is 0 Å². The Morgan fingerprint density at radius 1 is 1.24 bits per heavy atom. The lowest BCUT2D eigenvalue weighted by Gasteiger charge is -2.31. The van der Waals surface area contributed by atoms with Gasteiger partial charge in [0.2, 0.25) is 0 Å². The van der Waals surface area contributed by atoms with Gasteiger partial charge < -0.3 is 15.0 Å². The van der Waals surface area contributed by atoms with Crippen LogP contribution in [0.3, 0.4) is 0 Å². The highest BCUT2D eigenvalue weighted by Gasteiger charge is 2.37. The van der Waals surface area contributed by atoms with Gasteiger partial charge in [0.1, 0.15) is 16.8 Å². The third kappa shape index (κ3) is 3.23. The fraction of sp³-hybridized carbons (Fsp3) is 0.417. The van der Waals surface area contributed by atoms with Crippen molar-refractivity contribution in [3.05, 3.63) is 33.7 Å². The summed E-state index contributed by atoms with van der Waals surface area (Å²) in [6.07, 6.45) is -4.74. The second kappa shape index (κ2) is 5.23. The van der Waals surface area contributed by atoms with E-state index >= 15 is 0 Å². The number of halogens is 3. The van der Waals surface area contributed by atoms with E-state index in [2.05, 4.69) is 0 Å². The lowest BCUT2D eigenvalue weighted by molar-refractivity contribution is -0.147. The lowest BCUT2D eigenvalue weighted by atomic mass is 10.0. The molecule has 21 heavy (non-hydrogen) atoms. The summed E-state index contributed by atoms with van der Waals surface area (Å²) in [6.45, 7) is 2.46. The number of carboxylic acid groups (broad SMARTS) is 1. The zero-order valence-electron chi connectivity index (χ0n) is 11.4. The van der Waals surface area contributed by atoms with Crippen LogP contribution in [0.15, 0.2) is 16.9 Å². The molecule has 1 rings (SSSR count). The van der Waals surface area contributed by atoms with Gasteiger partial charge in [0.25, 0.3) is 11.5 Å². The Kier molecular flexibility index (Phi) is 4.16. The number of hydrogen-bond acceptors (Lipinski definition) is 3. The molecule has 0 saturated carbocycles. The molecule has 6 nitrogen and oxygen atoms in total. The summed E-state index contributed by atoms with van der Waals surface area (Å²) in [5.41, 5.74) is -4.71. The quantitative estimate of drug-likeness (QED) is 0.881. The van der Waals surface area contributed by atoms with Gasteiger partial charge >= 0.3 is 12.1 Å². The molecule has 0 aliphatic carbocycles. The van der Waals surface area contributed by atoms with Crippen molar-refractivity contribution in [3.8, 4) is 0 Å². The second-order valence-electron chi connectivity index (χ2n) is 4.84. The predicted molar refractivity (Wildman–Crippen MR) is 65.9 cm³/mol. The first-order chi connectivity index (χ1) is 9.39. The highest BCUT2D eigenvalue weighted by molar-refractivity contribution is 5.97. The summed E-state index contributed by atoms with van der Waals surface area (Å²) in [6, 6.07) is 1.27. The Labute approximate surface area is 117 Å². The van der Waals surface area contributed by atoms with Gasteiger partial charge in [0, 0.05) is 7.05 Å². The van der Waals surface area contributed by atoms with Crippen molar-refractivity contribution in [2.75, 3.05) is 7.05 Å². The van der Waals surface area contributed by atoms with Crippen molar-refractivity contribution in [1.29, 1.82) is 0 Å². The van der Waals surface area contributed by atoms with E-state index in [1.54, 1.807) is 4.98 Å². The van der Waals surface area contributed by atoms with E-state index in [0.29, 0.717) is 6.07 Å². The lowest BCUT2D eigenvalue weighted by Crippen LogP contribution is -2.51. The number of carbonyl (C=O) groups is 2. The number of rotatable bonds is 3. The molecule has 116 valence electrons. The molecule has 0 fully saturated rings. The monoisotopic (exact) mass is 306 g/mol. The van der Waals surface area contributed by atoms with Gasteiger partial charge in [-0.15, -0.1) is 0 Å². The number of carboxylic acids is 1. The normalized spacial score (nSPS) is 12.1. The van der Waals surface area contributed by atoms with Crippen LogP contribution in [0.4, 0.5) is 13.2 Å². The maximum atomic E-state index is 12.4. The van der Waals surface area contributed by atoms with Crippen LogP contribution in [0.2, 0.25) is 0 Å². The minimum absolute atomic E-state index is 0.552. The van der Waals surface area contributed by atoms with Crippen LogP contribution in [-0.2, 0) is 11.0 Å². The van der Waals surface area contributed by atoms with Crippen molar-refractivity contribution in [2.24, 2.45) is 0 Å². The molecule has 2 N–H and O–H groups in total. The molecule has 0 radical (unpaired) electrons.